The van der Waals surface area contributed by atoms with E-state index < -0.39 is 5.60 Å². The third kappa shape index (κ3) is 5.70. The number of halogens is 1. The highest BCUT2D eigenvalue weighted by Gasteiger charge is 2.44. The van der Waals surface area contributed by atoms with E-state index in [1.807, 2.05) is 61.7 Å². The molecule has 35 heavy (non-hydrogen) atoms. The molecule has 180 valence electrons. The minimum absolute atomic E-state index is 0.486. The molecule has 2 aliphatic heterocycles. The van der Waals surface area contributed by atoms with Crippen molar-refractivity contribution in [3.05, 3.63) is 82.6 Å². The van der Waals surface area contributed by atoms with Crippen LogP contribution in [-0.2, 0) is 0 Å². The van der Waals surface area contributed by atoms with Crippen molar-refractivity contribution >= 4 is 11.6 Å². The molecule has 2 aliphatic rings. The molecule has 2 bridgehead atoms. The zero-order valence-corrected chi connectivity index (χ0v) is 21.1. The van der Waals surface area contributed by atoms with Crippen molar-refractivity contribution in [3.8, 4) is 28.7 Å². The minimum atomic E-state index is -0.509. The first-order chi connectivity index (χ1) is 16.9. The quantitative estimate of drug-likeness (QED) is 0.458. The number of pyridine rings is 1. The highest BCUT2D eigenvalue weighted by atomic mass is 35.5. The normalized spacial score (nSPS) is 23.5. The summed E-state index contributed by atoms with van der Waals surface area (Å²) in [7, 11) is 0. The van der Waals surface area contributed by atoms with Crippen molar-refractivity contribution in [1.82, 2.24) is 9.88 Å². The lowest BCUT2D eigenvalue weighted by atomic mass is 9.88. The predicted molar refractivity (Wildman–Crippen MR) is 141 cm³/mol. The van der Waals surface area contributed by atoms with E-state index in [9.17, 15) is 5.11 Å². The second-order valence-corrected chi connectivity index (χ2v) is 10.5. The zero-order valence-electron chi connectivity index (χ0n) is 20.3. The third-order valence-electron chi connectivity index (χ3n) is 7.18. The molecule has 3 heterocycles. The Morgan fingerprint density at radius 1 is 1.03 bits per heavy atom. The van der Waals surface area contributed by atoms with Gasteiger partial charge in [-0.25, -0.2) is 4.98 Å². The molecule has 1 aromatic heterocycles. The number of aliphatic hydroxyl groups is 1. The number of ether oxygens (including phenoxy) is 1. The Labute approximate surface area is 212 Å². The van der Waals surface area contributed by atoms with Crippen molar-refractivity contribution in [2.24, 2.45) is 0 Å². The fraction of sp³-hybridized carbons (Fsp3) is 0.367. The number of hydrogen-bond acceptors (Lipinski definition) is 4. The fourth-order valence-corrected chi connectivity index (χ4v) is 5.61. The lowest BCUT2D eigenvalue weighted by molar-refractivity contribution is -0.0410. The van der Waals surface area contributed by atoms with Gasteiger partial charge in [0.2, 0.25) is 0 Å². The zero-order chi connectivity index (χ0) is 24.4. The van der Waals surface area contributed by atoms with Crippen molar-refractivity contribution in [2.75, 3.05) is 13.2 Å². The average molecular weight is 487 g/mol. The van der Waals surface area contributed by atoms with Crippen LogP contribution in [0, 0.1) is 18.8 Å². The van der Waals surface area contributed by atoms with Crippen LogP contribution in [-0.4, -0.2) is 45.8 Å². The number of benzene rings is 2. The third-order valence-corrected chi connectivity index (χ3v) is 7.43. The SMILES string of the molecule is Cc1cc(C#Cc2ccc(-c3ccc(Cl)cc3)cn2)ccc1OCCN1C2CCC1CC(C)(O)C2. The van der Waals surface area contributed by atoms with E-state index in [-0.39, 0.29) is 0 Å². The van der Waals surface area contributed by atoms with Crippen LogP contribution in [0.4, 0.5) is 0 Å². The van der Waals surface area contributed by atoms with Gasteiger partial charge in [-0.3, -0.25) is 4.90 Å². The molecule has 2 aromatic carbocycles. The Balaban J connectivity index is 1.17. The van der Waals surface area contributed by atoms with E-state index in [1.54, 1.807) is 0 Å². The van der Waals surface area contributed by atoms with Crippen LogP contribution in [0.15, 0.2) is 60.8 Å². The predicted octanol–water partition coefficient (Wildman–Crippen LogP) is 5.87. The second kappa shape index (κ2) is 10.0. The Bertz CT molecular complexity index is 1230. The maximum absolute atomic E-state index is 10.4. The number of rotatable bonds is 5. The smallest absolute Gasteiger partial charge is 0.122 e. The van der Waals surface area contributed by atoms with Crippen LogP contribution in [0.3, 0.4) is 0 Å². The topological polar surface area (TPSA) is 45.6 Å². The molecule has 1 N–H and O–H groups in total. The monoisotopic (exact) mass is 486 g/mol. The lowest BCUT2D eigenvalue weighted by Crippen LogP contribution is -2.50. The molecule has 2 atom stereocenters. The largest absolute Gasteiger partial charge is 0.492 e. The van der Waals surface area contributed by atoms with Gasteiger partial charge in [-0.05, 0) is 93.0 Å². The second-order valence-electron chi connectivity index (χ2n) is 10.0. The summed E-state index contributed by atoms with van der Waals surface area (Å²) in [6, 6.07) is 18.7. The number of hydrogen-bond donors (Lipinski definition) is 1. The molecule has 3 aromatic rings. The summed E-state index contributed by atoms with van der Waals surface area (Å²) in [4.78, 5) is 7.03. The average Bonchev–Trinajstić information content (AvgIpc) is 3.09. The van der Waals surface area contributed by atoms with E-state index >= 15 is 0 Å². The molecule has 2 fully saturated rings. The van der Waals surface area contributed by atoms with Gasteiger partial charge < -0.3 is 9.84 Å². The van der Waals surface area contributed by atoms with Gasteiger partial charge >= 0.3 is 0 Å². The van der Waals surface area contributed by atoms with E-state index in [1.165, 1.54) is 12.8 Å². The van der Waals surface area contributed by atoms with Crippen LogP contribution in [0.25, 0.3) is 11.1 Å². The molecule has 0 radical (unpaired) electrons. The van der Waals surface area contributed by atoms with Crippen molar-refractivity contribution < 1.29 is 9.84 Å². The van der Waals surface area contributed by atoms with E-state index in [0.717, 1.165) is 58.1 Å². The summed E-state index contributed by atoms with van der Waals surface area (Å²) in [5.74, 6) is 7.27. The number of fused-ring (bicyclic) bond motifs is 2. The standard InChI is InChI=1S/C30H31ClN2O2/c1-21-17-22(3-10-26-11-7-24(20-32-26)23-5-8-25(31)9-6-23)4-14-29(21)35-16-15-33-27-12-13-28(33)19-30(2,34)18-27/h4-9,11,14,17,20,27-28,34H,12-13,15-16,18-19H2,1-2H3. The number of piperidine rings is 1. The Kier molecular flexibility index (Phi) is 6.84. The molecule has 0 aliphatic carbocycles. The number of nitrogens with zero attached hydrogens (tertiary/aromatic N) is 2. The van der Waals surface area contributed by atoms with Gasteiger partial charge in [-0.1, -0.05) is 35.7 Å². The molecule has 5 rings (SSSR count). The fourth-order valence-electron chi connectivity index (χ4n) is 5.48. The molecule has 0 saturated carbocycles. The van der Waals surface area contributed by atoms with Crippen molar-refractivity contribution in [2.45, 2.75) is 57.2 Å². The first-order valence-electron chi connectivity index (χ1n) is 12.3. The summed E-state index contributed by atoms with van der Waals surface area (Å²) in [5, 5.41) is 11.2. The van der Waals surface area contributed by atoms with E-state index in [4.69, 9.17) is 16.3 Å². The summed E-state index contributed by atoms with van der Waals surface area (Å²) in [6.07, 6.45) is 5.95. The van der Waals surface area contributed by atoms with Crippen LogP contribution < -0.4 is 4.74 Å². The minimum Gasteiger partial charge on any atom is -0.492 e. The Morgan fingerprint density at radius 3 is 2.40 bits per heavy atom. The number of aryl methyl sites for hydroxylation is 1. The molecule has 2 saturated heterocycles. The van der Waals surface area contributed by atoms with Gasteiger partial charge in [0.1, 0.15) is 18.1 Å². The van der Waals surface area contributed by atoms with Crippen LogP contribution in [0.5, 0.6) is 5.75 Å². The highest BCUT2D eigenvalue weighted by Crippen LogP contribution is 2.40. The lowest BCUT2D eigenvalue weighted by Gasteiger charge is -2.42. The molecular weight excluding hydrogens is 456 g/mol. The van der Waals surface area contributed by atoms with Gasteiger partial charge in [-0.15, -0.1) is 0 Å². The van der Waals surface area contributed by atoms with Gasteiger partial charge in [0, 0.05) is 41.0 Å². The molecule has 5 heteroatoms. The highest BCUT2D eigenvalue weighted by molar-refractivity contribution is 6.30. The first-order valence-corrected chi connectivity index (χ1v) is 12.7. The van der Waals surface area contributed by atoms with E-state index in [2.05, 4.69) is 34.7 Å². The molecule has 0 amide bonds. The maximum Gasteiger partial charge on any atom is 0.122 e. The molecule has 2 unspecified atom stereocenters. The van der Waals surface area contributed by atoms with Crippen LogP contribution in [0.2, 0.25) is 5.02 Å². The number of aromatic nitrogens is 1. The van der Waals surface area contributed by atoms with Gasteiger partial charge in [0.05, 0.1) is 5.60 Å². The Morgan fingerprint density at radius 2 is 1.74 bits per heavy atom. The van der Waals surface area contributed by atoms with Gasteiger partial charge in [-0.2, -0.15) is 0 Å². The van der Waals surface area contributed by atoms with Crippen LogP contribution in [0.1, 0.15) is 49.4 Å². The van der Waals surface area contributed by atoms with Gasteiger partial charge in [0.15, 0.2) is 0 Å². The summed E-state index contributed by atoms with van der Waals surface area (Å²) < 4.78 is 6.12. The molecular formula is C30H31ClN2O2. The summed E-state index contributed by atoms with van der Waals surface area (Å²) in [6.45, 7) is 5.60. The first kappa shape index (κ1) is 23.9. The molecule has 0 spiro atoms. The maximum atomic E-state index is 10.4. The Hall–Kier alpha value is -2.84. The summed E-state index contributed by atoms with van der Waals surface area (Å²) >= 11 is 5.97. The van der Waals surface area contributed by atoms with Gasteiger partial charge in [0.25, 0.3) is 0 Å². The molecule has 4 nitrogen and oxygen atoms in total. The van der Waals surface area contributed by atoms with Crippen LogP contribution >= 0.6 is 11.6 Å². The van der Waals surface area contributed by atoms with Crippen molar-refractivity contribution in [1.29, 1.82) is 0 Å². The van der Waals surface area contributed by atoms with Crippen molar-refractivity contribution in [3.63, 3.8) is 0 Å². The van der Waals surface area contributed by atoms with E-state index in [0.29, 0.717) is 18.7 Å². The summed E-state index contributed by atoms with van der Waals surface area (Å²) in [5.41, 5.74) is 4.35.